The lowest BCUT2D eigenvalue weighted by Crippen LogP contribution is -2.23. The summed E-state index contributed by atoms with van der Waals surface area (Å²) in [6, 6.07) is 11.3. The second-order valence-electron chi connectivity index (χ2n) is 4.73. The van der Waals surface area contributed by atoms with Crippen molar-refractivity contribution in [1.29, 1.82) is 0 Å². The lowest BCUT2D eigenvalue weighted by molar-refractivity contribution is 0.601. The molecule has 1 aromatic carbocycles. The highest BCUT2D eigenvalue weighted by molar-refractivity contribution is 7.92. The van der Waals surface area contributed by atoms with Crippen molar-refractivity contribution in [2.75, 3.05) is 28.4 Å². The molecule has 0 atom stereocenters. The molecule has 22 heavy (non-hydrogen) atoms. The number of hydrogen-bond donors (Lipinski definition) is 2. The molecule has 0 saturated carbocycles. The molecule has 0 spiro atoms. The van der Waals surface area contributed by atoms with Crippen molar-refractivity contribution in [2.45, 2.75) is 18.7 Å². The highest BCUT2D eigenvalue weighted by Crippen LogP contribution is 2.18. The Labute approximate surface area is 131 Å². The number of hydrogen-bond acceptors (Lipinski definition) is 5. The van der Waals surface area contributed by atoms with Crippen molar-refractivity contribution in [3.63, 3.8) is 0 Å². The van der Waals surface area contributed by atoms with Crippen LogP contribution < -0.4 is 15.4 Å². The third-order valence-corrected chi connectivity index (χ3v) is 4.62. The highest BCUT2D eigenvalue weighted by atomic mass is 32.2. The summed E-state index contributed by atoms with van der Waals surface area (Å²) in [7, 11) is -3.67. The molecule has 0 unspecified atom stereocenters. The standard InChI is InChI=1S/C15H20N4O2S/c1-3-19(4-2)15-7-5-6-14(17-15)18-22(20,21)13-10-8-12(16)9-11-13/h5-11H,3-4,16H2,1-2H3,(H,17,18). The summed E-state index contributed by atoms with van der Waals surface area (Å²) in [4.78, 5) is 6.55. The Morgan fingerprint density at radius 3 is 2.32 bits per heavy atom. The van der Waals surface area contributed by atoms with E-state index in [2.05, 4.69) is 9.71 Å². The molecule has 0 amide bonds. The number of sulfonamides is 1. The Balaban J connectivity index is 2.26. The number of nitrogens with zero attached hydrogens (tertiary/aromatic N) is 2. The summed E-state index contributed by atoms with van der Waals surface area (Å²) in [6.45, 7) is 5.65. The van der Waals surface area contributed by atoms with E-state index in [9.17, 15) is 8.42 Å². The monoisotopic (exact) mass is 320 g/mol. The summed E-state index contributed by atoms with van der Waals surface area (Å²) in [5.74, 6) is 1.03. The molecule has 2 rings (SSSR count). The van der Waals surface area contributed by atoms with Crippen LogP contribution in [0.5, 0.6) is 0 Å². The van der Waals surface area contributed by atoms with Crippen LogP contribution in [0.3, 0.4) is 0 Å². The maximum atomic E-state index is 12.3. The van der Waals surface area contributed by atoms with Gasteiger partial charge < -0.3 is 10.6 Å². The second kappa shape index (κ2) is 6.65. The third kappa shape index (κ3) is 3.67. The molecule has 0 radical (unpaired) electrons. The van der Waals surface area contributed by atoms with Gasteiger partial charge in [-0.1, -0.05) is 6.07 Å². The van der Waals surface area contributed by atoms with Crippen molar-refractivity contribution >= 4 is 27.3 Å². The predicted octanol–water partition coefficient (Wildman–Crippen LogP) is 2.31. The van der Waals surface area contributed by atoms with Gasteiger partial charge in [-0.25, -0.2) is 13.4 Å². The number of anilines is 3. The lowest BCUT2D eigenvalue weighted by Gasteiger charge is -2.20. The van der Waals surface area contributed by atoms with Crippen LogP contribution >= 0.6 is 0 Å². The molecule has 7 heteroatoms. The number of pyridine rings is 1. The van der Waals surface area contributed by atoms with E-state index >= 15 is 0 Å². The minimum absolute atomic E-state index is 0.150. The van der Waals surface area contributed by atoms with E-state index in [1.807, 2.05) is 24.8 Å². The third-order valence-electron chi connectivity index (χ3n) is 3.25. The van der Waals surface area contributed by atoms with Crippen LogP contribution in [0.25, 0.3) is 0 Å². The van der Waals surface area contributed by atoms with Gasteiger partial charge in [0.25, 0.3) is 10.0 Å². The molecule has 0 bridgehead atoms. The Morgan fingerprint density at radius 2 is 1.73 bits per heavy atom. The van der Waals surface area contributed by atoms with Crippen LogP contribution in [0.1, 0.15) is 13.8 Å². The molecule has 1 aromatic heterocycles. The minimum atomic E-state index is -3.67. The van der Waals surface area contributed by atoms with Gasteiger partial charge in [0.05, 0.1) is 4.90 Å². The molecule has 6 nitrogen and oxygen atoms in total. The number of benzene rings is 1. The number of nitrogens with two attached hydrogens (primary N) is 1. The molecule has 118 valence electrons. The maximum absolute atomic E-state index is 12.3. The second-order valence-corrected chi connectivity index (χ2v) is 6.41. The van der Waals surface area contributed by atoms with Gasteiger partial charge in [0.2, 0.25) is 0 Å². The highest BCUT2D eigenvalue weighted by Gasteiger charge is 2.15. The predicted molar refractivity (Wildman–Crippen MR) is 89.5 cm³/mol. The van der Waals surface area contributed by atoms with Crippen molar-refractivity contribution in [3.8, 4) is 0 Å². The first kappa shape index (κ1) is 16.1. The van der Waals surface area contributed by atoms with Crippen LogP contribution in [-0.2, 0) is 10.0 Å². The van der Waals surface area contributed by atoms with E-state index in [1.54, 1.807) is 24.3 Å². The topological polar surface area (TPSA) is 88.3 Å². The summed E-state index contributed by atoms with van der Waals surface area (Å²) in [5.41, 5.74) is 6.09. The number of aromatic nitrogens is 1. The molecule has 1 heterocycles. The summed E-state index contributed by atoms with van der Waals surface area (Å²) < 4.78 is 27.1. The zero-order valence-corrected chi connectivity index (χ0v) is 13.5. The fourth-order valence-corrected chi connectivity index (χ4v) is 3.05. The maximum Gasteiger partial charge on any atom is 0.263 e. The average molecular weight is 320 g/mol. The van der Waals surface area contributed by atoms with Gasteiger partial charge in [0.15, 0.2) is 0 Å². The van der Waals surface area contributed by atoms with Crippen LogP contribution in [0.15, 0.2) is 47.4 Å². The Kier molecular flexibility index (Phi) is 4.87. The van der Waals surface area contributed by atoms with Gasteiger partial charge in [0, 0.05) is 18.8 Å². The summed E-state index contributed by atoms with van der Waals surface area (Å²) in [6.07, 6.45) is 0. The van der Waals surface area contributed by atoms with Crippen LogP contribution in [0.2, 0.25) is 0 Å². The van der Waals surface area contributed by atoms with Crippen LogP contribution in [0, 0.1) is 0 Å². The minimum Gasteiger partial charge on any atom is -0.399 e. The zero-order valence-electron chi connectivity index (χ0n) is 12.7. The first-order valence-corrected chi connectivity index (χ1v) is 8.55. The molecule has 0 aliphatic rings. The van der Waals surface area contributed by atoms with Gasteiger partial charge in [-0.2, -0.15) is 0 Å². The van der Waals surface area contributed by atoms with Gasteiger partial charge in [-0.05, 0) is 50.2 Å². The molecule has 3 N–H and O–H groups in total. The number of nitrogens with one attached hydrogen (secondary N) is 1. The zero-order chi connectivity index (χ0) is 16.2. The number of rotatable bonds is 6. The molecule has 0 aliphatic carbocycles. The van der Waals surface area contributed by atoms with Crippen molar-refractivity contribution in [2.24, 2.45) is 0 Å². The fourth-order valence-electron chi connectivity index (χ4n) is 2.05. The molecular formula is C15H20N4O2S. The Bertz CT molecular complexity index is 725. The average Bonchev–Trinajstić information content (AvgIpc) is 2.49. The summed E-state index contributed by atoms with van der Waals surface area (Å²) >= 11 is 0. The SMILES string of the molecule is CCN(CC)c1cccc(NS(=O)(=O)c2ccc(N)cc2)n1. The van der Waals surface area contributed by atoms with E-state index < -0.39 is 10.0 Å². The van der Waals surface area contributed by atoms with Gasteiger partial charge in [-0.3, -0.25) is 4.72 Å². The van der Waals surface area contributed by atoms with Gasteiger partial charge in [0.1, 0.15) is 11.6 Å². The largest absolute Gasteiger partial charge is 0.399 e. The van der Waals surface area contributed by atoms with E-state index in [4.69, 9.17) is 5.73 Å². The molecule has 0 aliphatic heterocycles. The van der Waals surface area contributed by atoms with Crippen molar-refractivity contribution in [1.82, 2.24) is 4.98 Å². The molecule has 0 fully saturated rings. The summed E-state index contributed by atoms with van der Waals surface area (Å²) in [5, 5.41) is 0. The van der Waals surface area contributed by atoms with E-state index in [1.165, 1.54) is 12.1 Å². The van der Waals surface area contributed by atoms with Gasteiger partial charge >= 0.3 is 0 Å². The normalized spacial score (nSPS) is 11.2. The van der Waals surface area contributed by atoms with E-state index in [0.717, 1.165) is 18.9 Å². The van der Waals surface area contributed by atoms with Gasteiger partial charge in [-0.15, -0.1) is 0 Å². The number of nitrogen functional groups attached to an aromatic ring is 1. The first-order valence-electron chi connectivity index (χ1n) is 7.06. The first-order chi connectivity index (χ1) is 10.5. The molecule has 0 saturated heterocycles. The lowest BCUT2D eigenvalue weighted by atomic mass is 10.3. The van der Waals surface area contributed by atoms with Crippen LogP contribution in [0.4, 0.5) is 17.3 Å². The Morgan fingerprint density at radius 1 is 1.09 bits per heavy atom. The molecular weight excluding hydrogens is 300 g/mol. The Hall–Kier alpha value is -2.28. The quantitative estimate of drug-likeness (QED) is 0.797. The van der Waals surface area contributed by atoms with Crippen LogP contribution in [-0.4, -0.2) is 26.5 Å². The molecule has 2 aromatic rings. The fraction of sp³-hybridized carbons (Fsp3) is 0.267. The smallest absolute Gasteiger partial charge is 0.263 e. The van der Waals surface area contributed by atoms with E-state index in [0.29, 0.717) is 11.5 Å². The van der Waals surface area contributed by atoms with E-state index in [-0.39, 0.29) is 4.90 Å². The van der Waals surface area contributed by atoms with Crippen molar-refractivity contribution in [3.05, 3.63) is 42.5 Å². The van der Waals surface area contributed by atoms with Crippen molar-refractivity contribution < 1.29 is 8.42 Å².